The minimum Gasteiger partial charge on any atom is -0.376 e. The highest BCUT2D eigenvalue weighted by Gasteiger charge is 2.62. The molecule has 11 nitrogen and oxygen atoms in total. The Labute approximate surface area is 286 Å². The maximum Gasteiger partial charge on any atom is 0.408 e. The molecule has 4 heterocycles. The lowest BCUT2D eigenvalue weighted by Gasteiger charge is -2.50. The van der Waals surface area contributed by atoms with E-state index in [-0.39, 0.29) is 60.8 Å². The van der Waals surface area contributed by atoms with Gasteiger partial charge in [0.1, 0.15) is 12.6 Å². The zero-order valence-corrected chi connectivity index (χ0v) is 29.0. The second kappa shape index (κ2) is 13.9. The van der Waals surface area contributed by atoms with Crippen LogP contribution in [0, 0.1) is 28.6 Å². The molecule has 1 aromatic rings. The molecular weight excluding hydrogens is 641 g/mol. The van der Waals surface area contributed by atoms with Gasteiger partial charge >= 0.3 is 6.18 Å². The minimum absolute atomic E-state index is 0.00432. The van der Waals surface area contributed by atoms with E-state index >= 15 is 0 Å². The Morgan fingerprint density at radius 2 is 1.59 bits per heavy atom. The average Bonchev–Trinajstić information content (AvgIpc) is 3.35. The highest BCUT2D eigenvalue weighted by molar-refractivity contribution is 5.96. The van der Waals surface area contributed by atoms with Crippen molar-refractivity contribution in [2.45, 2.75) is 103 Å². The number of piperidine rings is 1. The van der Waals surface area contributed by atoms with Crippen molar-refractivity contribution in [2.75, 3.05) is 45.9 Å². The van der Waals surface area contributed by atoms with Gasteiger partial charge in [0.25, 0.3) is 5.91 Å². The summed E-state index contributed by atoms with van der Waals surface area (Å²) in [4.78, 5) is 60.2. The summed E-state index contributed by atoms with van der Waals surface area (Å²) in [7, 11) is 0. The summed E-state index contributed by atoms with van der Waals surface area (Å²) in [6, 6.07) is -0.915. The first-order valence-electron chi connectivity index (χ1n) is 18.0. The van der Waals surface area contributed by atoms with Crippen LogP contribution in [0.1, 0.15) is 88.9 Å². The van der Waals surface area contributed by atoms with Crippen LogP contribution in [-0.2, 0) is 25.7 Å². The lowest BCUT2D eigenvalue weighted by atomic mass is 9.70. The van der Waals surface area contributed by atoms with E-state index in [1.807, 2.05) is 20.8 Å². The summed E-state index contributed by atoms with van der Waals surface area (Å²) in [5, 5.41) is 6.78. The molecule has 3 saturated heterocycles. The van der Waals surface area contributed by atoms with E-state index in [1.165, 1.54) is 11.3 Å². The fourth-order valence-electron chi connectivity index (χ4n) is 8.39. The highest BCUT2D eigenvalue weighted by Crippen LogP contribution is 2.54. The SMILES string of the molecule is C[C@@H](OCC1CCCCC1)[C@H](NC(=O)[C@@H]1CN(C(=O)c2cnn(CC(F)(F)F)c2)CC12CN(C(=O)[C@H]1CC1(C)C)C2)C(=O)N1CCCCC1. The molecule has 2 saturated carbocycles. The normalized spacial score (nSPS) is 26.3. The predicted octanol–water partition coefficient (Wildman–Crippen LogP) is 3.87. The number of amides is 4. The van der Waals surface area contributed by atoms with Crippen LogP contribution in [0.2, 0.25) is 0 Å². The number of carbonyl (C=O) groups excluding carboxylic acids is 4. The summed E-state index contributed by atoms with van der Waals surface area (Å²) in [6.07, 6.45) is 6.46. The van der Waals surface area contributed by atoms with E-state index in [0.717, 1.165) is 63.8 Å². The molecule has 0 aromatic carbocycles. The predicted molar refractivity (Wildman–Crippen MR) is 173 cm³/mol. The van der Waals surface area contributed by atoms with E-state index in [4.69, 9.17) is 4.74 Å². The molecule has 272 valence electrons. The molecule has 4 atom stereocenters. The largest absolute Gasteiger partial charge is 0.408 e. The fraction of sp³-hybridized carbons (Fsp3) is 0.800. The van der Waals surface area contributed by atoms with Crippen molar-refractivity contribution in [2.24, 2.45) is 28.6 Å². The van der Waals surface area contributed by atoms with E-state index < -0.39 is 42.1 Å². The Bertz CT molecular complexity index is 1400. The Morgan fingerprint density at radius 1 is 0.959 bits per heavy atom. The van der Waals surface area contributed by atoms with Crippen LogP contribution in [0.5, 0.6) is 0 Å². The van der Waals surface area contributed by atoms with Crippen molar-refractivity contribution in [3.63, 3.8) is 0 Å². The van der Waals surface area contributed by atoms with Crippen molar-refractivity contribution in [3.8, 4) is 0 Å². The second-order valence-electron chi connectivity index (χ2n) is 16.0. The molecule has 3 aliphatic heterocycles. The first-order chi connectivity index (χ1) is 23.2. The maximum atomic E-state index is 14.3. The molecule has 1 aromatic heterocycles. The van der Waals surface area contributed by atoms with Gasteiger partial charge in [-0.05, 0) is 56.8 Å². The maximum absolute atomic E-state index is 14.3. The third kappa shape index (κ3) is 7.93. The van der Waals surface area contributed by atoms with Crippen molar-refractivity contribution in [1.82, 2.24) is 29.8 Å². The van der Waals surface area contributed by atoms with Gasteiger partial charge in [0.15, 0.2) is 0 Å². The standard InChI is InChI=1S/C35H51F3N6O5/c1-23(49-18-24-10-6-4-7-11-24)28(32(48)41-12-8-5-9-13-41)40-29(45)27-17-42(30(46)25-15-39-44(16-25)22-35(36,37)38)19-34(27)20-43(21-34)31(47)26-14-33(26,2)3/h15-16,23-24,26-28H,4-14,17-22H2,1-3H3,(H,40,45)/t23-,26-,27+,28+/m1/s1. The lowest BCUT2D eigenvalue weighted by Crippen LogP contribution is -2.65. The Balaban J connectivity index is 1.20. The number of rotatable bonds is 10. The number of halogens is 3. The molecule has 0 unspecified atom stereocenters. The molecule has 4 amide bonds. The zero-order chi connectivity index (χ0) is 35.1. The third-order valence-corrected chi connectivity index (χ3v) is 11.6. The molecule has 1 spiro atoms. The molecule has 5 fully saturated rings. The van der Waals surface area contributed by atoms with Gasteiger partial charge in [0, 0.05) is 63.4 Å². The van der Waals surface area contributed by atoms with Crippen molar-refractivity contribution in [3.05, 3.63) is 18.0 Å². The quantitative estimate of drug-likeness (QED) is 0.398. The number of ether oxygens (including phenoxy) is 1. The van der Waals surface area contributed by atoms with Gasteiger partial charge in [0.05, 0.1) is 23.8 Å². The smallest absolute Gasteiger partial charge is 0.376 e. The summed E-state index contributed by atoms with van der Waals surface area (Å²) >= 11 is 0. The van der Waals surface area contributed by atoms with Crippen molar-refractivity contribution in [1.29, 1.82) is 0 Å². The van der Waals surface area contributed by atoms with E-state index in [0.29, 0.717) is 30.3 Å². The first-order valence-corrected chi connectivity index (χ1v) is 18.0. The van der Waals surface area contributed by atoms with Gasteiger partial charge in [-0.25, -0.2) is 0 Å². The Hall–Kier alpha value is -3.16. The van der Waals surface area contributed by atoms with Crippen LogP contribution in [0.15, 0.2) is 12.4 Å². The Morgan fingerprint density at radius 3 is 2.22 bits per heavy atom. The van der Waals surface area contributed by atoms with Gasteiger partial charge in [-0.2, -0.15) is 18.3 Å². The van der Waals surface area contributed by atoms with Crippen LogP contribution >= 0.6 is 0 Å². The van der Waals surface area contributed by atoms with Gasteiger partial charge in [-0.3, -0.25) is 23.9 Å². The summed E-state index contributed by atoms with van der Waals surface area (Å²) in [5.41, 5.74) is -0.822. The molecule has 14 heteroatoms. The van der Waals surface area contributed by atoms with Gasteiger partial charge < -0.3 is 24.8 Å². The molecule has 0 radical (unpaired) electrons. The number of hydrogen-bond donors (Lipinski definition) is 1. The van der Waals surface area contributed by atoms with Crippen LogP contribution in [0.3, 0.4) is 0 Å². The van der Waals surface area contributed by atoms with E-state index in [2.05, 4.69) is 10.4 Å². The summed E-state index contributed by atoms with van der Waals surface area (Å²) in [6.45, 7) is 7.09. The second-order valence-corrected chi connectivity index (χ2v) is 16.0. The number of aromatic nitrogens is 2. The summed E-state index contributed by atoms with van der Waals surface area (Å²) < 4.78 is 45.9. The number of nitrogens with zero attached hydrogens (tertiary/aromatic N) is 5. The molecule has 1 N–H and O–H groups in total. The minimum atomic E-state index is -4.50. The van der Waals surface area contributed by atoms with Crippen LogP contribution in [0.4, 0.5) is 13.2 Å². The van der Waals surface area contributed by atoms with E-state index in [1.54, 1.807) is 9.80 Å². The van der Waals surface area contributed by atoms with Crippen LogP contribution in [-0.4, -0.2) is 112 Å². The van der Waals surface area contributed by atoms with Crippen molar-refractivity contribution >= 4 is 23.6 Å². The topological polar surface area (TPSA) is 117 Å². The monoisotopic (exact) mass is 692 g/mol. The van der Waals surface area contributed by atoms with Gasteiger partial charge in [-0.15, -0.1) is 0 Å². The van der Waals surface area contributed by atoms with Gasteiger partial charge in [0.2, 0.25) is 17.7 Å². The highest BCUT2D eigenvalue weighted by atomic mass is 19.4. The third-order valence-electron chi connectivity index (χ3n) is 11.6. The van der Waals surface area contributed by atoms with E-state index in [9.17, 15) is 32.3 Å². The lowest BCUT2D eigenvalue weighted by molar-refractivity contribution is -0.153. The van der Waals surface area contributed by atoms with Crippen LogP contribution < -0.4 is 5.32 Å². The van der Waals surface area contributed by atoms with Crippen molar-refractivity contribution < 1.29 is 37.1 Å². The molecule has 49 heavy (non-hydrogen) atoms. The average molecular weight is 693 g/mol. The number of carbonyl (C=O) groups is 4. The first kappa shape index (κ1) is 35.7. The number of hydrogen-bond acceptors (Lipinski definition) is 6. The molecule has 5 aliphatic rings. The molecule has 2 aliphatic carbocycles. The molecule has 0 bridgehead atoms. The number of likely N-dealkylation sites (tertiary alicyclic amines) is 3. The zero-order valence-electron chi connectivity index (χ0n) is 29.0. The van der Waals surface area contributed by atoms with Crippen LogP contribution in [0.25, 0.3) is 0 Å². The molecule has 6 rings (SSSR count). The number of alkyl halides is 3. The fourth-order valence-corrected chi connectivity index (χ4v) is 8.39. The van der Waals surface area contributed by atoms with Gasteiger partial charge in [-0.1, -0.05) is 33.1 Å². The Kier molecular flexibility index (Phi) is 10.1. The summed E-state index contributed by atoms with van der Waals surface area (Å²) in [5.74, 6) is -1.44. The molecular formula is C35H51F3N6O5. The number of nitrogens with one attached hydrogen (secondary N) is 1.